The Morgan fingerprint density at radius 2 is 2.13 bits per heavy atom. The van der Waals surface area contributed by atoms with Gasteiger partial charge in [0, 0.05) is 13.6 Å². The van der Waals surface area contributed by atoms with Crippen LogP contribution in [0.4, 0.5) is 4.79 Å². The largest absolute Gasteiger partial charge is 0.480 e. The van der Waals surface area contributed by atoms with Crippen molar-refractivity contribution in [3.05, 3.63) is 0 Å². The molecular formula is C9H18N2O3S. The molecule has 0 aliphatic heterocycles. The molecule has 6 heteroatoms. The van der Waals surface area contributed by atoms with Gasteiger partial charge < -0.3 is 15.3 Å². The molecule has 0 aromatic carbocycles. The summed E-state index contributed by atoms with van der Waals surface area (Å²) in [4.78, 5) is 22.8. The number of hydrogen-bond donors (Lipinski definition) is 2. The van der Waals surface area contributed by atoms with E-state index in [-0.39, 0.29) is 12.6 Å². The molecule has 2 N–H and O–H groups in total. The maximum Gasteiger partial charge on any atom is 0.323 e. The van der Waals surface area contributed by atoms with Gasteiger partial charge in [-0.15, -0.1) is 0 Å². The number of carbonyl (C=O) groups is 2. The molecular weight excluding hydrogens is 216 g/mol. The number of thioether (sulfide) groups is 1. The van der Waals surface area contributed by atoms with Crippen LogP contribution in [0.1, 0.15) is 6.92 Å². The number of hydrogen-bond acceptors (Lipinski definition) is 3. The van der Waals surface area contributed by atoms with Gasteiger partial charge in [0.2, 0.25) is 0 Å². The van der Waals surface area contributed by atoms with E-state index in [0.717, 1.165) is 10.7 Å². The molecule has 0 aliphatic rings. The van der Waals surface area contributed by atoms with E-state index in [4.69, 9.17) is 5.11 Å². The van der Waals surface area contributed by atoms with E-state index >= 15 is 0 Å². The number of likely N-dealkylation sites (N-methyl/N-ethyl adjacent to an activating group) is 1. The Labute approximate surface area is 94.2 Å². The highest BCUT2D eigenvalue weighted by molar-refractivity contribution is 7.98. The van der Waals surface area contributed by atoms with Crippen molar-refractivity contribution in [2.75, 3.05) is 32.1 Å². The second-order valence-corrected chi connectivity index (χ2v) is 4.41. The van der Waals surface area contributed by atoms with E-state index < -0.39 is 5.97 Å². The van der Waals surface area contributed by atoms with Crippen molar-refractivity contribution in [3.63, 3.8) is 0 Å². The van der Waals surface area contributed by atoms with Crippen LogP contribution in [0.2, 0.25) is 0 Å². The monoisotopic (exact) mass is 234 g/mol. The number of nitrogens with zero attached hydrogens (tertiary/aromatic N) is 1. The third-order valence-corrected chi connectivity index (χ3v) is 2.67. The minimum absolute atomic E-state index is 0.275. The summed E-state index contributed by atoms with van der Waals surface area (Å²) in [5.41, 5.74) is 0. The SMILES string of the molecule is CSCC(C)CNC(=O)N(C)CC(=O)O. The molecule has 0 fully saturated rings. The van der Waals surface area contributed by atoms with Gasteiger partial charge in [0.15, 0.2) is 0 Å². The highest BCUT2D eigenvalue weighted by Crippen LogP contribution is 2.02. The fourth-order valence-electron chi connectivity index (χ4n) is 1.01. The van der Waals surface area contributed by atoms with Gasteiger partial charge in [0.1, 0.15) is 6.54 Å². The summed E-state index contributed by atoms with van der Waals surface area (Å²) in [6.07, 6.45) is 2.01. The Morgan fingerprint density at radius 1 is 1.53 bits per heavy atom. The molecule has 0 heterocycles. The van der Waals surface area contributed by atoms with Crippen LogP contribution < -0.4 is 5.32 Å². The van der Waals surface area contributed by atoms with E-state index in [9.17, 15) is 9.59 Å². The third-order valence-electron chi connectivity index (χ3n) is 1.77. The summed E-state index contributed by atoms with van der Waals surface area (Å²) in [7, 11) is 1.46. The maximum absolute atomic E-state index is 11.3. The molecule has 0 rings (SSSR count). The van der Waals surface area contributed by atoms with Crippen LogP contribution in [-0.4, -0.2) is 54.2 Å². The predicted octanol–water partition coefficient (Wildman–Crippen LogP) is 0.712. The number of nitrogens with one attached hydrogen (secondary N) is 1. The molecule has 1 atom stereocenters. The number of rotatable bonds is 6. The van der Waals surface area contributed by atoms with Crippen LogP contribution in [0, 0.1) is 5.92 Å². The van der Waals surface area contributed by atoms with Gasteiger partial charge in [-0.05, 0) is 17.9 Å². The maximum atomic E-state index is 11.3. The van der Waals surface area contributed by atoms with Crippen molar-refractivity contribution in [2.45, 2.75) is 6.92 Å². The molecule has 0 bridgehead atoms. The number of carboxylic acids is 1. The summed E-state index contributed by atoms with van der Waals surface area (Å²) in [6, 6.07) is -0.342. The van der Waals surface area contributed by atoms with Crippen LogP contribution in [0.5, 0.6) is 0 Å². The summed E-state index contributed by atoms with van der Waals surface area (Å²) in [5, 5.41) is 11.2. The quantitative estimate of drug-likeness (QED) is 0.710. The molecule has 0 saturated carbocycles. The molecule has 0 aromatic heterocycles. The molecule has 0 radical (unpaired) electrons. The van der Waals surface area contributed by atoms with E-state index in [1.807, 2.05) is 13.2 Å². The van der Waals surface area contributed by atoms with E-state index in [2.05, 4.69) is 5.32 Å². The number of aliphatic carboxylic acids is 1. The van der Waals surface area contributed by atoms with Gasteiger partial charge in [0.05, 0.1) is 0 Å². The lowest BCUT2D eigenvalue weighted by molar-refractivity contribution is -0.137. The molecule has 2 amide bonds. The van der Waals surface area contributed by atoms with Crippen LogP contribution >= 0.6 is 11.8 Å². The standard InChI is InChI=1S/C9H18N2O3S/c1-7(6-15-3)4-10-9(14)11(2)5-8(12)13/h7H,4-6H2,1-3H3,(H,10,14)(H,12,13). The van der Waals surface area contributed by atoms with E-state index in [0.29, 0.717) is 12.5 Å². The molecule has 0 aliphatic carbocycles. The van der Waals surface area contributed by atoms with Gasteiger partial charge in [-0.25, -0.2) is 4.79 Å². The molecule has 0 spiro atoms. The third kappa shape index (κ3) is 7.07. The van der Waals surface area contributed by atoms with Gasteiger partial charge in [0.25, 0.3) is 0 Å². The van der Waals surface area contributed by atoms with Crippen molar-refractivity contribution in [2.24, 2.45) is 5.92 Å². The molecule has 0 aromatic rings. The summed E-state index contributed by atoms with van der Waals surface area (Å²) in [6.45, 7) is 2.33. The Balaban J connectivity index is 3.77. The van der Waals surface area contributed by atoms with E-state index in [1.165, 1.54) is 7.05 Å². The first-order valence-corrected chi connectivity index (χ1v) is 6.06. The first-order valence-electron chi connectivity index (χ1n) is 4.67. The van der Waals surface area contributed by atoms with Crippen molar-refractivity contribution in [3.8, 4) is 0 Å². The highest BCUT2D eigenvalue weighted by Gasteiger charge is 2.12. The van der Waals surface area contributed by atoms with E-state index in [1.54, 1.807) is 11.8 Å². The Morgan fingerprint density at radius 3 is 2.60 bits per heavy atom. The zero-order valence-corrected chi connectivity index (χ0v) is 10.1. The zero-order chi connectivity index (χ0) is 11.8. The number of carbonyl (C=O) groups excluding carboxylic acids is 1. The Bertz CT molecular complexity index is 223. The summed E-state index contributed by atoms with van der Waals surface area (Å²) >= 11 is 1.72. The molecule has 0 saturated heterocycles. The molecule has 15 heavy (non-hydrogen) atoms. The summed E-state index contributed by atoms with van der Waals surface area (Å²) < 4.78 is 0. The lowest BCUT2D eigenvalue weighted by atomic mass is 10.2. The van der Waals surface area contributed by atoms with Crippen molar-refractivity contribution in [1.82, 2.24) is 10.2 Å². The first-order chi connectivity index (χ1) is 6.97. The first kappa shape index (κ1) is 14.1. The molecule has 1 unspecified atom stereocenters. The fourth-order valence-corrected chi connectivity index (χ4v) is 1.70. The second kappa shape index (κ2) is 7.39. The summed E-state index contributed by atoms with van der Waals surface area (Å²) in [5.74, 6) is 0.357. The number of amides is 2. The van der Waals surface area contributed by atoms with Crippen molar-refractivity contribution < 1.29 is 14.7 Å². The van der Waals surface area contributed by atoms with Crippen LogP contribution in [0.25, 0.3) is 0 Å². The zero-order valence-electron chi connectivity index (χ0n) is 9.32. The highest BCUT2D eigenvalue weighted by atomic mass is 32.2. The van der Waals surface area contributed by atoms with Gasteiger partial charge in [-0.2, -0.15) is 11.8 Å². The average Bonchev–Trinajstić information content (AvgIpc) is 2.13. The smallest absolute Gasteiger partial charge is 0.323 e. The van der Waals surface area contributed by atoms with Crippen LogP contribution in [0.3, 0.4) is 0 Å². The number of urea groups is 1. The Kier molecular flexibility index (Phi) is 6.94. The molecule has 88 valence electrons. The second-order valence-electron chi connectivity index (χ2n) is 3.50. The average molecular weight is 234 g/mol. The van der Waals surface area contributed by atoms with Gasteiger partial charge in [-0.3, -0.25) is 4.79 Å². The van der Waals surface area contributed by atoms with Gasteiger partial charge in [-0.1, -0.05) is 6.92 Å². The minimum atomic E-state index is -1.01. The van der Waals surface area contributed by atoms with Crippen LogP contribution in [-0.2, 0) is 4.79 Å². The van der Waals surface area contributed by atoms with Gasteiger partial charge >= 0.3 is 12.0 Å². The molecule has 5 nitrogen and oxygen atoms in total. The topological polar surface area (TPSA) is 69.6 Å². The lowest BCUT2D eigenvalue weighted by Gasteiger charge is -2.17. The lowest BCUT2D eigenvalue weighted by Crippen LogP contribution is -2.41. The van der Waals surface area contributed by atoms with Crippen molar-refractivity contribution in [1.29, 1.82) is 0 Å². The normalized spacial score (nSPS) is 11.9. The Hall–Kier alpha value is -0.910. The minimum Gasteiger partial charge on any atom is -0.480 e. The van der Waals surface area contributed by atoms with Crippen molar-refractivity contribution >= 4 is 23.8 Å². The predicted molar refractivity (Wildman–Crippen MR) is 61.2 cm³/mol. The van der Waals surface area contributed by atoms with Crippen LogP contribution in [0.15, 0.2) is 0 Å². The number of carboxylic acid groups (broad SMARTS) is 1. The fraction of sp³-hybridized carbons (Fsp3) is 0.778.